The van der Waals surface area contributed by atoms with Gasteiger partial charge >= 0.3 is 0 Å². The zero-order valence-corrected chi connectivity index (χ0v) is 8.85. The molecule has 2 rings (SSSR count). The number of hydrogen-bond acceptors (Lipinski definition) is 6. The lowest BCUT2D eigenvalue weighted by Crippen LogP contribution is -2.16. The Morgan fingerprint density at radius 2 is 2.12 bits per heavy atom. The zero-order chi connectivity index (χ0) is 11.4. The third kappa shape index (κ3) is 2.11. The van der Waals surface area contributed by atoms with Gasteiger partial charge in [0.1, 0.15) is 10.7 Å². The van der Waals surface area contributed by atoms with Crippen molar-refractivity contribution in [2.75, 3.05) is 0 Å². The van der Waals surface area contributed by atoms with E-state index in [-0.39, 0.29) is 5.84 Å². The molecule has 0 aromatic carbocycles. The van der Waals surface area contributed by atoms with Gasteiger partial charge in [-0.05, 0) is 11.8 Å². The molecule has 16 heavy (non-hydrogen) atoms. The average Bonchev–Trinajstić information content (AvgIpc) is 2.82. The lowest BCUT2D eigenvalue weighted by molar-refractivity contribution is 0.318. The number of nitrogens with two attached hydrogens (primary N) is 1. The first-order valence-electron chi connectivity index (χ1n) is 4.27. The van der Waals surface area contributed by atoms with Crippen LogP contribution in [0.2, 0.25) is 0 Å². The molecule has 2 aromatic heterocycles. The lowest BCUT2D eigenvalue weighted by atomic mass is 10.4. The molecular formula is C8H8N6OS. The van der Waals surface area contributed by atoms with Crippen molar-refractivity contribution in [1.82, 2.24) is 19.9 Å². The average molecular weight is 236 g/mol. The van der Waals surface area contributed by atoms with E-state index >= 15 is 0 Å². The summed E-state index contributed by atoms with van der Waals surface area (Å²) in [5.74, 6) is -0.0813. The van der Waals surface area contributed by atoms with E-state index in [1.54, 1.807) is 12.4 Å². The minimum atomic E-state index is -0.0813. The van der Waals surface area contributed by atoms with Gasteiger partial charge in [-0.15, -0.1) is 0 Å². The van der Waals surface area contributed by atoms with Crippen molar-refractivity contribution in [3.8, 4) is 0 Å². The molecule has 0 unspecified atom stereocenters. The molecule has 2 aromatic rings. The first-order chi connectivity index (χ1) is 7.81. The number of nitrogens with one attached hydrogen (secondary N) is 1. The van der Waals surface area contributed by atoms with Crippen LogP contribution >= 0.6 is 11.8 Å². The normalized spacial score (nSPS) is 11.6. The Balaban J connectivity index is 2.34. The van der Waals surface area contributed by atoms with Gasteiger partial charge in [-0.2, -0.15) is 0 Å². The molecule has 0 radical (unpaired) electrons. The van der Waals surface area contributed by atoms with Crippen LogP contribution in [-0.4, -0.2) is 31.0 Å². The Labute approximate surface area is 94.8 Å². The SMILES string of the molecule is N/C(=N/O)c1nccnc1Sc1ncc[nH]1. The summed E-state index contributed by atoms with van der Waals surface area (Å²) in [6.45, 7) is 0. The minimum Gasteiger partial charge on any atom is -0.409 e. The van der Waals surface area contributed by atoms with E-state index in [4.69, 9.17) is 10.9 Å². The van der Waals surface area contributed by atoms with Crippen LogP contribution in [0.4, 0.5) is 0 Å². The first kappa shape index (κ1) is 10.4. The molecule has 82 valence electrons. The maximum absolute atomic E-state index is 8.60. The molecule has 2 heterocycles. The van der Waals surface area contributed by atoms with Crippen LogP contribution in [0.3, 0.4) is 0 Å². The monoisotopic (exact) mass is 236 g/mol. The van der Waals surface area contributed by atoms with Crippen LogP contribution in [0.15, 0.2) is 40.1 Å². The van der Waals surface area contributed by atoms with Crippen LogP contribution in [0, 0.1) is 0 Å². The third-order valence-corrected chi connectivity index (χ3v) is 2.59. The Hall–Kier alpha value is -2.09. The van der Waals surface area contributed by atoms with E-state index in [0.29, 0.717) is 15.9 Å². The number of rotatable bonds is 3. The lowest BCUT2D eigenvalue weighted by Gasteiger charge is -2.02. The zero-order valence-electron chi connectivity index (χ0n) is 8.03. The van der Waals surface area contributed by atoms with Crippen molar-refractivity contribution < 1.29 is 5.21 Å². The second-order valence-corrected chi connectivity index (χ2v) is 3.67. The van der Waals surface area contributed by atoms with Crippen molar-refractivity contribution in [1.29, 1.82) is 0 Å². The topological polar surface area (TPSA) is 113 Å². The van der Waals surface area contributed by atoms with E-state index in [1.807, 2.05) is 0 Å². The fourth-order valence-electron chi connectivity index (χ4n) is 1.02. The molecule has 4 N–H and O–H groups in total. The summed E-state index contributed by atoms with van der Waals surface area (Å²) in [5, 5.41) is 12.7. The van der Waals surface area contributed by atoms with Gasteiger partial charge in [-0.25, -0.2) is 15.0 Å². The van der Waals surface area contributed by atoms with Crippen LogP contribution in [0.5, 0.6) is 0 Å². The molecule has 0 saturated heterocycles. The molecule has 0 atom stereocenters. The van der Waals surface area contributed by atoms with Crippen molar-refractivity contribution in [3.05, 3.63) is 30.5 Å². The largest absolute Gasteiger partial charge is 0.409 e. The van der Waals surface area contributed by atoms with Crippen molar-refractivity contribution in [2.45, 2.75) is 10.2 Å². The molecule has 0 amide bonds. The highest BCUT2D eigenvalue weighted by molar-refractivity contribution is 7.99. The minimum absolute atomic E-state index is 0.0813. The van der Waals surface area contributed by atoms with Crippen LogP contribution in [0.1, 0.15) is 5.69 Å². The summed E-state index contributed by atoms with van der Waals surface area (Å²) in [7, 11) is 0. The quantitative estimate of drug-likeness (QED) is 0.308. The van der Waals surface area contributed by atoms with Gasteiger partial charge in [0.25, 0.3) is 0 Å². The Morgan fingerprint density at radius 3 is 2.81 bits per heavy atom. The summed E-state index contributed by atoms with van der Waals surface area (Å²) in [6, 6.07) is 0. The number of amidine groups is 1. The first-order valence-corrected chi connectivity index (χ1v) is 5.09. The number of hydrogen-bond donors (Lipinski definition) is 3. The maximum atomic E-state index is 8.60. The van der Waals surface area contributed by atoms with Gasteiger partial charge in [0, 0.05) is 24.8 Å². The number of aromatic nitrogens is 4. The van der Waals surface area contributed by atoms with Gasteiger partial charge in [0.15, 0.2) is 11.0 Å². The third-order valence-electron chi connectivity index (χ3n) is 1.68. The summed E-state index contributed by atoms with van der Waals surface area (Å²) < 4.78 is 0. The Bertz CT molecular complexity index is 497. The van der Waals surface area contributed by atoms with Crippen LogP contribution < -0.4 is 5.73 Å². The molecular weight excluding hydrogens is 228 g/mol. The van der Waals surface area contributed by atoms with Crippen LogP contribution in [-0.2, 0) is 0 Å². The van der Waals surface area contributed by atoms with Gasteiger partial charge in [0.2, 0.25) is 0 Å². The van der Waals surface area contributed by atoms with Gasteiger partial charge in [0.05, 0.1) is 0 Å². The smallest absolute Gasteiger partial charge is 0.191 e. The van der Waals surface area contributed by atoms with E-state index in [1.165, 1.54) is 24.2 Å². The highest BCUT2D eigenvalue weighted by Gasteiger charge is 2.12. The van der Waals surface area contributed by atoms with Crippen molar-refractivity contribution in [2.24, 2.45) is 10.9 Å². The summed E-state index contributed by atoms with van der Waals surface area (Å²) in [4.78, 5) is 15.0. The second-order valence-electron chi connectivity index (χ2n) is 2.69. The molecule has 0 saturated carbocycles. The Kier molecular flexibility index (Phi) is 3.01. The molecule has 8 heteroatoms. The maximum Gasteiger partial charge on any atom is 0.191 e. The summed E-state index contributed by atoms with van der Waals surface area (Å²) >= 11 is 1.25. The number of aromatic amines is 1. The molecule has 0 aliphatic carbocycles. The molecule has 0 spiro atoms. The van der Waals surface area contributed by atoms with Crippen LogP contribution in [0.25, 0.3) is 0 Å². The van der Waals surface area contributed by atoms with Gasteiger partial charge < -0.3 is 15.9 Å². The Morgan fingerprint density at radius 1 is 1.31 bits per heavy atom. The van der Waals surface area contributed by atoms with Gasteiger partial charge in [-0.1, -0.05) is 5.16 Å². The summed E-state index contributed by atoms with van der Waals surface area (Å²) in [6.07, 6.45) is 6.32. The van der Waals surface area contributed by atoms with Crippen molar-refractivity contribution in [3.63, 3.8) is 0 Å². The molecule has 0 aliphatic heterocycles. The number of oxime groups is 1. The second kappa shape index (κ2) is 4.62. The molecule has 0 fully saturated rings. The fourth-order valence-corrected chi connectivity index (χ4v) is 1.81. The highest BCUT2D eigenvalue weighted by Crippen LogP contribution is 2.23. The van der Waals surface area contributed by atoms with E-state index in [2.05, 4.69) is 25.1 Å². The van der Waals surface area contributed by atoms with E-state index in [9.17, 15) is 0 Å². The predicted octanol–water partition coefficient (Wildman–Crippen LogP) is 0.445. The molecule has 7 nitrogen and oxygen atoms in total. The van der Waals surface area contributed by atoms with Crippen molar-refractivity contribution >= 4 is 17.6 Å². The fraction of sp³-hybridized carbons (Fsp3) is 0. The van der Waals surface area contributed by atoms with E-state index in [0.717, 1.165) is 0 Å². The molecule has 0 aliphatic rings. The predicted molar refractivity (Wildman–Crippen MR) is 57.3 cm³/mol. The standard InChI is InChI=1S/C8H8N6OS/c9-6(14-15)5-7(11-2-1-10-5)16-8-12-3-4-13-8/h1-4,15H,(H2,9,14)(H,12,13). The highest BCUT2D eigenvalue weighted by atomic mass is 32.2. The number of nitrogens with zero attached hydrogens (tertiary/aromatic N) is 4. The van der Waals surface area contributed by atoms with E-state index < -0.39 is 0 Å². The molecule has 0 bridgehead atoms. The van der Waals surface area contributed by atoms with Gasteiger partial charge in [-0.3, -0.25) is 0 Å². The number of H-pyrrole nitrogens is 1. The summed E-state index contributed by atoms with van der Waals surface area (Å²) in [5.41, 5.74) is 5.80. The number of imidazole rings is 1.